The first-order valence-corrected chi connectivity index (χ1v) is 4.00. The van der Waals surface area contributed by atoms with Gasteiger partial charge in [-0.2, -0.15) is 5.26 Å². The van der Waals surface area contributed by atoms with Crippen molar-refractivity contribution < 1.29 is 0 Å². The summed E-state index contributed by atoms with van der Waals surface area (Å²) in [7, 11) is 0. The Bertz CT molecular complexity index is 301. The zero-order valence-electron chi connectivity index (χ0n) is 7.28. The van der Waals surface area contributed by atoms with Crippen LogP contribution in [-0.2, 0) is 0 Å². The first kappa shape index (κ1) is 8.66. The summed E-state index contributed by atoms with van der Waals surface area (Å²) < 4.78 is 0. The minimum Gasteiger partial charge on any atom is -0.241 e. The van der Waals surface area contributed by atoms with Crippen molar-refractivity contribution in [3.05, 3.63) is 23.8 Å². The molecule has 3 nitrogen and oxygen atoms in total. The molecule has 0 bridgehead atoms. The maximum absolute atomic E-state index is 8.58. The zero-order valence-corrected chi connectivity index (χ0v) is 7.28. The second kappa shape index (κ2) is 3.82. The van der Waals surface area contributed by atoms with Gasteiger partial charge < -0.3 is 0 Å². The van der Waals surface area contributed by atoms with Gasteiger partial charge in [0.15, 0.2) is 0 Å². The van der Waals surface area contributed by atoms with Crippen LogP contribution in [-0.4, -0.2) is 9.97 Å². The lowest BCUT2D eigenvalue weighted by atomic mass is 10.0. The Morgan fingerprint density at radius 1 is 1.58 bits per heavy atom. The molecule has 1 aromatic heterocycles. The topological polar surface area (TPSA) is 49.6 Å². The van der Waals surface area contributed by atoms with E-state index in [0.717, 1.165) is 12.1 Å². The van der Waals surface area contributed by atoms with Crippen molar-refractivity contribution in [3.63, 3.8) is 0 Å². The van der Waals surface area contributed by atoms with Gasteiger partial charge in [0.1, 0.15) is 18.1 Å². The van der Waals surface area contributed by atoms with E-state index in [-0.39, 0.29) is 0 Å². The highest BCUT2D eigenvalue weighted by molar-refractivity contribution is 5.22. The molecule has 0 N–H and O–H groups in total. The highest BCUT2D eigenvalue weighted by Gasteiger charge is 2.04. The number of aromatic nitrogens is 2. The third kappa shape index (κ3) is 1.79. The molecule has 0 aliphatic heterocycles. The van der Waals surface area contributed by atoms with Crippen LogP contribution in [0.4, 0.5) is 0 Å². The molecule has 0 aromatic carbocycles. The molecule has 12 heavy (non-hydrogen) atoms. The molecule has 3 heteroatoms. The predicted molar refractivity (Wildman–Crippen MR) is 45.5 cm³/mol. The van der Waals surface area contributed by atoms with Crippen LogP contribution in [0.1, 0.15) is 37.6 Å². The monoisotopic (exact) mass is 161 g/mol. The Morgan fingerprint density at radius 2 is 2.33 bits per heavy atom. The molecule has 1 aromatic rings. The Labute approximate surface area is 72.1 Å². The van der Waals surface area contributed by atoms with Gasteiger partial charge in [-0.05, 0) is 18.4 Å². The summed E-state index contributed by atoms with van der Waals surface area (Å²) in [6.07, 6.45) is 2.47. The summed E-state index contributed by atoms with van der Waals surface area (Å²) >= 11 is 0. The molecule has 0 spiro atoms. The maximum atomic E-state index is 8.58. The molecule has 0 aliphatic carbocycles. The first-order valence-electron chi connectivity index (χ1n) is 4.00. The Balaban J connectivity index is 2.95. The fourth-order valence-corrected chi connectivity index (χ4v) is 0.912. The van der Waals surface area contributed by atoms with Crippen LogP contribution in [0.25, 0.3) is 0 Å². The van der Waals surface area contributed by atoms with Crippen molar-refractivity contribution in [2.24, 2.45) is 0 Å². The van der Waals surface area contributed by atoms with Gasteiger partial charge in [-0.1, -0.05) is 13.8 Å². The van der Waals surface area contributed by atoms with Crippen LogP contribution in [0.2, 0.25) is 0 Å². The zero-order chi connectivity index (χ0) is 8.97. The first-order chi connectivity index (χ1) is 5.77. The van der Waals surface area contributed by atoms with Crippen molar-refractivity contribution in [2.45, 2.75) is 26.2 Å². The summed E-state index contributed by atoms with van der Waals surface area (Å²) in [4.78, 5) is 7.90. The van der Waals surface area contributed by atoms with Gasteiger partial charge in [-0.25, -0.2) is 9.97 Å². The minimum atomic E-state index is 0.403. The van der Waals surface area contributed by atoms with Gasteiger partial charge in [0.05, 0.1) is 0 Å². The van der Waals surface area contributed by atoms with Gasteiger partial charge in [0, 0.05) is 5.69 Å². The van der Waals surface area contributed by atoms with Crippen LogP contribution in [0.15, 0.2) is 12.4 Å². The third-order valence-electron chi connectivity index (χ3n) is 1.92. The average molecular weight is 161 g/mol. The van der Waals surface area contributed by atoms with Gasteiger partial charge in [-0.3, -0.25) is 0 Å². The molecule has 1 heterocycles. The summed E-state index contributed by atoms with van der Waals surface area (Å²) in [6.45, 7) is 4.18. The van der Waals surface area contributed by atoms with Crippen molar-refractivity contribution in [1.82, 2.24) is 9.97 Å². The maximum Gasteiger partial charge on any atom is 0.144 e. The quantitative estimate of drug-likeness (QED) is 0.665. The lowest BCUT2D eigenvalue weighted by Gasteiger charge is -2.05. The lowest BCUT2D eigenvalue weighted by molar-refractivity contribution is 0.703. The van der Waals surface area contributed by atoms with Crippen molar-refractivity contribution >= 4 is 0 Å². The van der Waals surface area contributed by atoms with Crippen molar-refractivity contribution in [1.29, 1.82) is 5.26 Å². The Kier molecular flexibility index (Phi) is 2.76. The summed E-state index contributed by atoms with van der Waals surface area (Å²) in [5.74, 6) is 0.403. The van der Waals surface area contributed by atoms with E-state index in [1.165, 1.54) is 6.33 Å². The SMILES string of the molecule is CC[C@H](C)c1cc(C#N)ncn1. The van der Waals surface area contributed by atoms with E-state index in [4.69, 9.17) is 5.26 Å². The number of rotatable bonds is 2. The second-order valence-corrected chi connectivity index (χ2v) is 2.75. The molecule has 1 rings (SSSR count). The predicted octanol–water partition coefficient (Wildman–Crippen LogP) is 1.86. The molecule has 0 unspecified atom stereocenters. The summed E-state index contributed by atoms with van der Waals surface area (Å²) in [6, 6.07) is 3.74. The van der Waals surface area contributed by atoms with E-state index in [1.807, 2.05) is 6.07 Å². The molecular formula is C9H11N3. The number of nitriles is 1. The second-order valence-electron chi connectivity index (χ2n) is 2.75. The molecule has 0 saturated heterocycles. The van der Waals surface area contributed by atoms with E-state index >= 15 is 0 Å². The largest absolute Gasteiger partial charge is 0.241 e. The number of nitrogens with zero attached hydrogens (tertiary/aromatic N) is 3. The van der Waals surface area contributed by atoms with E-state index in [2.05, 4.69) is 23.8 Å². The summed E-state index contributed by atoms with van der Waals surface area (Å²) in [5, 5.41) is 8.58. The van der Waals surface area contributed by atoms with E-state index in [9.17, 15) is 0 Å². The fraction of sp³-hybridized carbons (Fsp3) is 0.444. The van der Waals surface area contributed by atoms with Crippen LogP contribution >= 0.6 is 0 Å². The molecule has 0 saturated carbocycles. The van der Waals surface area contributed by atoms with Crippen LogP contribution in [0, 0.1) is 11.3 Å². The smallest absolute Gasteiger partial charge is 0.144 e. The molecule has 62 valence electrons. The van der Waals surface area contributed by atoms with Crippen molar-refractivity contribution in [2.75, 3.05) is 0 Å². The van der Waals surface area contributed by atoms with E-state index < -0.39 is 0 Å². The number of hydrogen-bond donors (Lipinski definition) is 0. The van der Waals surface area contributed by atoms with Gasteiger partial charge >= 0.3 is 0 Å². The fourth-order valence-electron chi connectivity index (χ4n) is 0.912. The molecule has 1 atom stereocenters. The number of hydrogen-bond acceptors (Lipinski definition) is 3. The summed E-state index contributed by atoms with van der Waals surface area (Å²) in [5.41, 5.74) is 1.39. The standard InChI is InChI=1S/C9H11N3/c1-3-7(2)9-4-8(5-10)11-6-12-9/h4,6-7H,3H2,1-2H3/t7-/m0/s1. The van der Waals surface area contributed by atoms with Crippen molar-refractivity contribution in [3.8, 4) is 6.07 Å². The molecule has 0 fully saturated rings. The Hall–Kier alpha value is -1.43. The molecular weight excluding hydrogens is 150 g/mol. The van der Waals surface area contributed by atoms with Gasteiger partial charge in [-0.15, -0.1) is 0 Å². The molecule has 0 amide bonds. The van der Waals surface area contributed by atoms with E-state index in [1.54, 1.807) is 6.07 Å². The molecule has 0 aliphatic rings. The van der Waals surface area contributed by atoms with E-state index in [0.29, 0.717) is 11.6 Å². The van der Waals surface area contributed by atoms with Gasteiger partial charge in [0.2, 0.25) is 0 Å². The lowest BCUT2D eigenvalue weighted by Crippen LogP contribution is -1.97. The minimum absolute atomic E-state index is 0.403. The average Bonchev–Trinajstić information content (AvgIpc) is 2.17. The van der Waals surface area contributed by atoms with Crippen LogP contribution in [0.5, 0.6) is 0 Å². The normalized spacial score (nSPS) is 12.1. The van der Waals surface area contributed by atoms with Gasteiger partial charge in [0.25, 0.3) is 0 Å². The van der Waals surface area contributed by atoms with Crippen LogP contribution < -0.4 is 0 Å². The molecule has 0 radical (unpaired) electrons. The van der Waals surface area contributed by atoms with Crippen LogP contribution in [0.3, 0.4) is 0 Å². The third-order valence-corrected chi connectivity index (χ3v) is 1.92. The highest BCUT2D eigenvalue weighted by atomic mass is 14.8. The highest BCUT2D eigenvalue weighted by Crippen LogP contribution is 2.15. The Morgan fingerprint density at radius 3 is 2.92 bits per heavy atom.